The number of nitrogens with one attached hydrogen (secondary N) is 1. The van der Waals surface area contributed by atoms with E-state index in [4.69, 9.17) is 4.74 Å². The first kappa shape index (κ1) is 20.0. The summed E-state index contributed by atoms with van der Waals surface area (Å²) >= 11 is 1.36. The monoisotopic (exact) mass is 402 g/mol. The lowest BCUT2D eigenvalue weighted by atomic mass is 9.88. The minimum atomic E-state index is -0.608. The van der Waals surface area contributed by atoms with E-state index in [0.717, 1.165) is 29.7 Å². The molecule has 1 aliphatic carbocycles. The number of nitro benzene ring substituents is 1. The molecule has 1 amide bonds. The molecule has 0 aliphatic heterocycles. The maximum Gasteiger partial charge on any atom is 0.341 e. The number of nitrogens with zero attached hydrogens (tertiary/aromatic N) is 1. The predicted octanol–water partition coefficient (Wildman–Crippen LogP) is 4.60. The average molecular weight is 402 g/mol. The van der Waals surface area contributed by atoms with E-state index in [1.165, 1.54) is 29.5 Å². The molecule has 3 rings (SSSR count). The van der Waals surface area contributed by atoms with Gasteiger partial charge in [-0.25, -0.2) is 4.79 Å². The number of fused-ring (bicyclic) bond motifs is 1. The molecule has 28 heavy (non-hydrogen) atoms. The Balaban J connectivity index is 1.96. The summed E-state index contributed by atoms with van der Waals surface area (Å²) in [5.41, 5.74) is 1.01. The van der Waals surface area contributed by atoms with Crippen molar-refractivity contribution in [3.05, 3.63) is 55.9 Å². The van der Waals surface area contributed by atoms with E-state index in [2.05, 4.69) is 12.2 Å². The number of hydrogen-bond acceptors (Lipinski definition) is 6. The fourth-order valence-corrected chi connectivity index (χ4v) is 4.71. The molecule has 0 spiro atoms. The van der Waals surface area contributed by atoms with Crippen LogP contribution in [0, 0.1) is 16.0 Å². The predicted molar refractivity (Wildman–Crippen MR) is 107 cm³/mol. The lowest BCUT2D eigenvalue weighted by Crippen LogP contribution is -2.17. The lowest BCUT2D eigenvalue weighted by Gasteiger charge is -2.18. The third-order valence-corrected chi connectivity index (χ3v) is 5.90. The van der Waals surface area contributed by atoms with Gasteiger partial charge in [-0.05, 0) is 43.2 Å². The molecule has 1 aromatic heterocycles. The molecule has 148 valence electrons. The number of carbonyl (C=O) groups is 2. The summed E-state index contributed by atoms with van der Waals surface area (Å²) in [4.78, 5) is 37.1. The zero-order valence-corrected chi connectivity index (χ0v) is 16.6. The number of anilines is 1. The fraction of sp³-hybridized carbons (Fsp3) is 0.400. The number of nitro groups is 1. The number of esters is 1. The van der Waals surface area contributed by atoms with Crippen molar-refractivity contribution in [2.75, 3.05) is 11.9 Å². The van der Waals surface area contributed by atoms with Crippen LogP contribution in [0.1, 0.15) is 57.8 Å². The van der Waals surface area contributed by atoms with Crippen LogP contribution in [0.2, 0.25) is 0 Å². The minimum absolute atomic E-state index is 0.0416. The zero-order chi connectivity index (χ0) is 20.3. The standard InChI is InChI=1S/C20H22N2O5S/c1-3-10-27-20(24)17-14-9-8-12(2)11-16(14)28-19(17)21-18(23)13-6-4-5-7-15(13)22(25)26/h4-7,12H,3,8-11H2,1-2H3,(H,21,23). The van der Waals surface area contributed by atoms with Crippen LogP contribution in [0.5, 0.6) is 0 Å². The highest BCUT2D eigenvalue weighted by Gasteiger charge is 2.30. The van der Waals surface area contributed by atoms with Crippen LogP contribution < -0.4 is 5.32 Å². The molecule has 0 fully saturated rings. The van der Waals surface area contributed by atoms with Crippen LogP contribution in [0.4, 0.5) is 10.7 Å². The Morgan fingerprint density at radius 3 is 2.82 bits per heavy atom. The van der Waals surface area contributed by atoms with Gasteiger partial charge in [0, 0.05) is 10.9 Å². The summed E-state index contributed by atoms with van der Waals surface area (Å²) in [7, 11) is 0. The number of thiophene rings is 1. The van der Waals surface area contributed by atoms with Crippen LogP contribution in [0.3, 0.4) is 0 Å². The average Bonchev–Trinajstić information content (AvgIpc) is 3.02. The Hall–Kier alpha value is -2.74. The van der Waals surface area contributed by atoms with Gasteiger partial charge in [-0.15, -0.1) is 11.3 Å². The molecule has 2 aromatic rings. The maximum atomic E-state index is 12.7. The van der Waals surface area contributed by atoms with E-state index in [9.17, 15) is 19.7 Å². The molecule has 1 unspecified atom stereocenters. The third kappa shape index (κ3) is 4.06. The normalized spacial score (nSPS) is 15.6. The molecular weight excluding hydrogens is 380 g/mol. The largest absolute Gasteiger partial charge is 0.462 e. The first-order chi connectivity index (χ1) is 13.4. The molecule has 0 bridgehead atoms. The molecule has 8 heteroatoms. The summed E-state index contributed by atoms with van der Waals surface area (Å²) < 4.78 is 5.33. The highest BCUT2D eigenvalue weighted by Crippen LogP contribution is 2.40. The highest BCUT2D eigenvalue weighted by atomic mass is 32.1. The molecule has 0 saturated carbocycles. The van der Waals surface area contributed by atoms with Crippen molar-refractivity contribution in [3.8, 4) is 0 Å². The van der Waals surface area contributed by atoms with Gasteiger partial charge in [0.2, 0.25) is 0 Å². The number of benzene rings is 1. The van der Waals surface area contributed by atoms with E-state index >= 15 is 0 Å². The molecule has 1 N–H and O–H groups in total. The first-order valence-corrected chi connectivity index (χ1v) is 10.1. The first-order valence-electron chi connectivity index (χ1n) is 9.28. The third-order valence-electron chi connectivity index (χ3n) is 4.73. The molecule has 7 nitrogen and oxygen atoms in total. The summed E-state index contributed by atoms with van der Waals surface area (Å²) in [6.07, 6.45) is 3.27. The van der Waals surface area contributed by atoms with Crippen molar-refractivity contribution >= 4 is 33.9 Å². The van der Waals surface area contributed by atoms with Gasteiger partial charge in [-0.3, -0.25) is 14.9 Å². The quantitative estimate of drug-likeness (QED) is 0.432. The van der Waals surface area contributed by atoms with Gasteiger partial charge in [0.15, 0.2) is 0 Å². The lowest BCUT2D eigenvalue weighted by molar-refractivity contribution is -0.385. The zero-order valence-electron chi connectivity index (χ0n) is 15.8. The van der Waals surface area contributed by atoms with Crippen LogP contribution >= 0.6 is 11.3 Å². The van der Waals surface area contributed by atoms with E-state index in [1.807, 2.05) is 6.92 Å². The Labute approximate surface area is 166 Å². The van der Waals surface area contributed by atoms with Crippen molar-refractivity contribution in [2.24, 2.45) is 5.92 Å². The van der Waals surface area contributed by atoms with Crippen molar-refractivity contribution in [2.45, 2.75) is 39.5 Å². The Morgan fingerprint density at radius 1 is 1.36 bits per heavy atom. The summed E-state index contributed by atoms with van der Waals surface area (Å²) in [5, 5.41) is 14.4. The van der Waals surface area contributed by atoms with Gasteiger partial charge in [0.25, 0.3) is 11.6 Å². The minimum Gasteiger partial charge on any atom is -0.462 e. The van der Waals surface area contributed by atoms with Gasteiger partial charge in [-0.1, -0.05) is 26.0 Å². The second-order valence-electron chi connectivity index (χ2n) is 6.92. The van der Waals surface area contributed by atoms with E-state index < -0.39 is 16.8 Å². The molecule has 1 aromatic carbocycles. The number of carbonyl (C=O) groups excluding carboxylic acids is 2. The van der Waals surface area contributed by atoms with Gasteiger partial charge in [-0.2, -0.15) is 0 Å². The van der Waals surface area contributed by atoms with Gasteiger partial charge >= 0.3 is 5.97 Å². The Bertz CT molecular complexity index is 921. The van der Waals surface area contributed by atoms with Gasteiger partial charge < -0.3 is 10.1 Å². The topological polar surface area (TPSA) is 98.5 Å². The number of hydrogen-bond donors (Lipinski definition) is 1. The van der Waals surface area contributed by atoms with Gasteiger partial charge in [0.05, 0.1) is 17.1 Å². The van der Waals surface area contributed by atoms with E-state index in [0.29, 0.717) is 29.5 Å². The Kier molecular flexibility index (Phi) is 6.08. The molecular formula is C20H22N2O5S. The highest BCUT2D eigenvalue weighted by molar-refractivity contribution is 7.17. The summed E-state index contributed by atoms with van der Waals surface area (Å²) in [6.45, 7) is 4.37. The second-order valence-corrected chi connectivity index (χ2v) is 8.03. The molecule has 0 saturated heterocycles. The van der Waals surface area contributed by atoms with Crippen molar-refractivity contribution in [1.29, 1.82) is 0 Å². The van der Waals surface area contributed by atoms with Crippen LogP contribution in [0.25, 0.3) is 0 Å². The number of rotatable bonds is 6. The van der Waals surface area contributed by atoms with Crippen molar-refractivity contribution in [1.82, 2.24) is 0 Å². The van der Waals surface area contributed by atoms with Gasteiger partial charge in [0.1, 0.15) is 10.6 Å². The number of amides is 1. The van der Waals surface area contributed by atoms with Crippen molar-refractivity contribution in [3.63, 3.8) is 0 Å². The maximum absolute atomic E-state index is 12.7. The Morgan fingerprint density at radius 2 is 2.11 bits per heavy atom. The van der Waals surface area contributed by atoms with Crippen LogP contribution in [-0.2, 0) is 17.6 Å². The molecule has 0 radical (unpaired) electrons. The molecule has 1 atom stereocenters. The summed E-state index contributed by atoms with van der Waals surface area (Å²) in [6, 6.07) is 5.76. The van der Waals surface area contributed by atoms with E-state index in [-0.39, 0.29) is 11.3 Å². The number of ether oxygens (including phenoxy) is 1. The molecule has 1 aliphatic rings. The molecule has 1 heterocycles. The second kappa shape index (κ2) is 8.52. The SMILES string of the molecule is CCCOC(=O)c1c(NC(=O)c2ccccc2[N+](=O)[O-])sc2c1CCC(C)C2. The fourth-order valence-electron chi connectivity index (χ4n) is 3.32. The summed E-state index contributed by atoms with van der Waals surface area (Å²) in [5.74, 6) is -0.556. The van der Waals surface area contributed by atoms with Crippen LogP contribution in [-0.4, -0.2) is 23.4 Å². The van der Waals surface area contributed by atoms with Crippen LogP contribution in [0.15, 0.2) is 24.3 Å². The smallest absolute Gasteiger partial charge is 0.341 e. The van der Waals surface area contributed by atoms with E-state index in [1.54, 1.807) is 6.07 Å². The number of para-hydroxylation sites is 1. The van der Waals surface area contributed by atoms with Crippen molar-refractivity contribution < 1.29 is 19.2 Å².